The van der Waals surface area contributed by atoms with E-state index in [4.69, 9.17) is 8.60 Å². The van der Waals surface area contributed by atoms with Crippen molar-refractivity contribution in [1.29, 1.82) is 0 Å². The molecule has 5 nitrogen and oxygen atoms in total. The van der Waals surface area contributed by atoms with Crippen LogP contribution in [-0.4, -0.2) is 8.42 Å². The molecule has 0 saturated heterocycles. The van der Waals surface area contributed by atoms with Gasteiger partial charge in [-0.2, -0.15) is 8.42 Å². The Hall–Kier alpha value is -2.60. The molecule has 0 aliphatic rings. The van der Waals surface area contributed by atoms with Crippen molar-refractivity contribution in [2.75, 3.05) is 0 Å². The first kappa shape index (κ1) is 16.3. The molecule has 0 spiro atoms. The average Bonchev–Trinajstić information content (AvgIpc) is 2.54. The maximum Gasteiger partial charge on any atom is 0.339 e. The highest BCUT2D eigenvalue weighted by atomic mass is 32.2. The van der Waals surface area contributed by atoms with E-state index in [1.54, 1.807) is 24.3 Å². The minimum absolute atomic E-state index is 0.0708. The Bertz CT molecular complexity index is 1030. The normalized spacial score (nSPS) is 11.8. The molecule has 3 aromatic rings. The summed E-state index contributed by atoms with van der Waals surface area (Å²) in [5, 5.41) is 0.681. The monoisotopic (exact) mass is 344 g/mol. The van der Waals surface area contributed by atoms with Crippen molar-refractivity contribution < 1.29 is 17.0 Å². The van der Waals surface area contributed by atoms with Gasteiger partial charge in [-0.05, 0) is 41.8 Å². The number of fused-ring (bicyclic) bond motifs is 1. The van der Waals surface area contributed by atoms with Gasteiger partial charge < -0.3 is 8.60 Å². The number of hydrogen-bond donors (Lipinski definition) is 0. The highest BCUT2D eigenvalue weighted by molar-refractivity contribution is 7.87. The first-order chi connectivity index (χ1) is 11.3. The standard InChI is InChI=1S/C18H16O5S/c1-12(2)13-4-8-16(9-5-13)24(20,21)23-15-7-3-14-6-10-18(19)22-17(14)11-15/h3-12H,1-2H3. The van der Waals surface area contributed by atoms with Crippen LogP contribution in [0.5, 0.6) is 5.75 Å². The molecule has 1 heterocycles. The molecule has 0 fully saturated rings. The van der Waals surface area contributed by atoms with Crippen LogP contribution in [0.1, 0.15) is 25.3 Å². The molecule has 6 heteroatoms. The molecule has 0 unspecified atom stereocenters. The van der Waals surface area contributed by atoms with Crippen molar-refractivity contribution in [3.8, 4) is 5.75 Å². The molecule has 0 atom stereocenters. The maximum atomic E-state index is 12.4. The fourth-order valence-corrected chi connectivity index (χ4v) is 3.21. The molecular weight excluding hydrogens is 328 g/mol. The molecule has 0 amide bonds. The smallest absolute Gasteiger partial charge is 0.339 e. The molecular formula is C18H16O5S. The lowest BCUT2D eigenvalue weighted by Crippen LogP contribution is -2.10. The molecule has 0 aliphatic carbocycles. The van der Waals surface area contributed by atoms with Crippen LogP contribution in [-0.2, 0) is 10.1 Å². The van der Waals surface area contributed by atoms with Crippen LogP contribution in [0.15, 0.2) is 68.7 Å². The largest absolute Gasteiger partial charge is 0.423 e. The molecule has 0 radical (unpaired) electrons. The van der Waals surface area contributed by atoms with E-state index in [0.29, 0.717) is 11.3 Å². The van der Waals surface area contributed by atoms with Crippen molar-refractivity contribution in [2.45, 2.75) is 24.7 Å². The summed E-state index contributed by atoms with van der Waals surface area (Å²) >= 11 is 0. The van der Waals surface area contributed by atoms with E-state index in [9.17, 15) is 13.2 Å². The minimum Gasteiger partial charge on any atom is -0.423 e. The van der Waals surface area contributed by atoms with E-state index in [0.717, 1.165) is 5.56 Å². The van der Waals surface area contributed by atoms with Crippen LogP contribution in [0, 0.1) is 0 Å². The summed E-state index contributed by atoms with van der Waals surface area (Å²) in [6, 6.07) is 14.0. The van der Waals surface area contributed by atoms with Gasteiger partial charge in [0.05, 0.1) is 0 Å². The number of benzene rings is 2. The Labute approximate surface area is 139 Å². The van der Waals surface area contributed by atoms with Gasteiger partial charge in [-0.15, -0.1) is 0 Å². The first-order valence-corrected chi connectivity index (χ1v) is 8.84. The molecule has 3 rings (SSSR count). The molecule has 24 heavy (non-hydrogen) atoms. The molecule has 2 aromatic carbocycles. The molecule has 0 bridgehead atoms. The zero-order valence-corrected chi connectivity index (χ0v) is 14.0. The molecule has 1 aromatic heterocycles. The lowest BCUT2D eigenvalue weighted by atomic mass is 10.0. The number of rotatable bonds is 4. The van der Waals surface area contributed by atoms with Gasteiger partial charge in [0.2, 0.25) is 0 Å². The van der Waals surface area contributed by atoms with Crippen LogP contribution in [0.2, 0.25) is 0 Å². The quantitative estimate of drug-likeness (QED) is 0.533. The maximum absolute atomic E-state index is 12.4. The van der Waals surface area contributed by atoms with Crippen LogP contribution >= 0.6 is 0 Å². The van der Waals surface area contributed by atoms with E-state index in [-0.39, 0.29) is 16.2 Å². The fourth-order valence-electron chi connectivity index (χ4n) is 2.29. The van der Waals surface area contributed by atoms with E-state index >= 15 is 0 Å². The first-order valence-electron chi connectivity index (χ1n) is 7.43. The van der Waals surface area contributed by atoms with Gasteiger partial charge in [0.15, 0.2) is 0 Å². The summed E-state index contributed by atoms with van der Waals surface area (Å²) in [4.78, 5) is 11.3. The van der Waals surface area contributed by atoms with Crippen LogP contribution in [0.25, 0.3) is 11.0 Å². The predicted octanol–water partition coefficient (Wildman–Crippen LogP) is 3.68. The second-order valence-corrected chi connectivity index (χ2v) is 7.26. The summed E-state index contributed by atoms with van der Waals surface area (Å²) in [5.74, 6) is 0.399. The van der Waals surface area contributed by atoms with Gasteiger partial charge in [-0.1, -0.05) is 26.0 Å². The minimum atomic E-state index is -3.95. The Kier molecular flexibility index (Phi) is 4.15. The van der Waals surface area contributed by atoms with Crippen molar-refractivity contribution in [2.24, 2.45) is 0 Å². The van der Waals surface area contributed by atoms with E-state index in [1.165, 1.54) is 30.3 Å². The van der Waals surface area contributed by atoms with Crippen LogP contribution in [0.3, 0.4) is 0 Å². The third kappa shape index (κ3) is 3.33. The summed E-state index contributed by atoms with van der Waals surface area (Å²) in [5.41, 5.74) is 0.804. The fraction of sp³-hybridized carbons (Fsp3) is 0.167. The molecule has 0 aliphatic heterocycles. The Morgan fingerprint density at radius 1 is 0.958 bits per heavy atom. The SMILES string of the molecule is CC(C)c1ccc(S(=O)(=O)Oc2ccc3ccc(=O)oc3c2)cc1. The van der Waals surface area contributed by atoms with Gasteiger partial charge in [0, 0.05) is 17.5 Å². The summed E-state index contributed by atoms with van der Waals surface area (Å²) < 4.78 is 34.9. The van der Waals surface area contributed by atoms with Gasteiger partial charge in [0.1, 0.15) is 16.2 Å². The van der Waals surface area contributed by atoms with Gasteiger partial charge >= 0.3 is 15.7 Å². The topological polar surface area (TPSA) is 73.6 Å². The summed E-state index contributed by atoms with van der Waals surface area (Å²) in [7, 11) is -3.95. The van der Waals surface area contributed by atoms with Gasteiger partial charge in [-0.3, -0.25) is 0 Å². The van der Waals surface area contributed by atoms with Crippen molar-refractivity contribution in [1.82, 2.24) is 0 Å². The van der Waals surface area contributed by atoms with Crippen molar-refractivity contribution >= 4 is 21.1 Å². The van der Waals surface area contributed by atoms with E-state index < -0.39 is 15.7 Å². The predicted molar refractivity (Wildman–Crippen MR) is 90.8 cm³/mol. The third-order valence-corrected chi connectivity index (χ3v) is 4.90. The zero-order valence-electron chi connectivity index (χ0n) is 13.2. The van der Waals surface area contributed by atoms with Crippen LogP contribution < -0.4 is 9.81 Å². The van der Waals surface area contributed by atoms with E-state index in [1.807, 2.05) is 13.8 Å². The van der Waals surface area contributed by atoms with E-state index in [2.05, 4.69) is 0 Å². The van der Waals surface area contributed by atoms with Crippen molar-refractivity contribution in [3.63, 3.8) is 0 Å². The third-order valence-electron chi connectivity index (χ3n) is 3.64. The van der Waals surface area contributed by atoms with Crippen molar-refractivity contribution in [3.05, 3.63) is 70.6 Å². The average molecular weight is 344 g/mol. The second-order valence-electron chi connectivity index (χ2n) is 5.72. The lowest BCUT2D eigenvalue weighted by Gasteiger charge is -2.09. The van der Waals surface area contributed by atoms with Gasteiger partial charge in [-0.25, -0.2) is 4.79 Å². The molecule has 124 valence electrons. The highest BCUT2D eigenvalue weighted by Crippen LogP contribution is 2.24. The second kappa shape index (κ2) is 6.13. The zero-order chi connectivity index (χ0) is 17.3. The van der Waals surface area contributed by atoms with Crippen LogP contribution in [0.4, 0.5) is 0 Å². The highest BCUT2D eigenvalue weighted by Gasteiger charge is 2.17. The molecule has 0 saturated carbocycles. The Balaban J connectivity index is 1.92. The van der Waals surface area contributed by atoms with Gasteiger partial charge in [0.25, 0.3) is 0 Å². The summed E-state index contributed by atoms with van der Waals surface area (Å²) in [6.45, 7) is 4.06. The molecule has 0 N–H and O–H groups in total. The lowest BCUT2D eigenvalue weighted by molar-refractivity contribution is 0.485. The Morgan fingerprint density at radius 2 is 1.62 bits per heavy atom. The Morgan fingerprint density at radius 3 is 2.29 bits per heavy atom. The number of hydrogen-bond acceptors (Lipinski definition) is 5. The summed E-state index contributed by atoms with van der Waals surface area (Å²) in [6.07, 6.45) is 0.